The summed E-state index contributed by atoms with van der Waals surface area (Å²) in [5, 5.41) is 30.2. The molecule has 0 bridgehead atoms. The third kappa shape index (κ3) is 5.81. The van der Waals surface area contributed by atoms with Gasteiger partial charge in [0, 0.05) is 28.3 Å². The van der Waals surface area contributed by atoms with Gasteiger partial charge in [-0.1, -0.05) is 36.4 Å². The largest absolute Gasteiger partial charge is 0.497 e. The monoisotopic (exact) mass is 555 g/mol. The second-order valence-corrected chi connectivity index (χ2v) is 10.5. The van der Waals surface area contributed by atoms with Crippen LogP contribution in [0.1, 0.15) is 47.7 Å². The van der Waals surface area contributed by atoms with Crippen LogP contribution >= 0.6 is 11.8 Å². The molecule has 40 heavy (non-hydrogen) atoms. The molecule has 11 heteroatoms. The van der Waals surface area contributed by atoms with Crippen molar-refractivity contribution in [3.8, 4) is 11.4 Å². The Balaban J connectivity index is 1.49. The molecule has 1 atom stereocenters. The van der Waals surface area contributed by atoms with Crippen LogP contribution in [0.5, 0.6) is 5.75 Å². The first-order valence-electron chi connectivity index (χ1n) is 13.0. The summed E-state index contributed by atoms with van der Waals surface area (Å²) >= 11 is 1.69. The van der Waals surface area contributed by atoms with E-state index >= 15 is 0 Å². The molecule has 204 valence electrons. The van der Waals surface area contributed by atoms with E-state index in [2.05, 4.69) is 27.6 Å². The lowest BCUT2D eigenvalue weighted by atomic mass is 9.80. The first kappa shape index (κ1) is 27.6. The average molecular weight is 555 g/mol. The average Bonchev–Trinajstić information content (AvgIpc) is 3.29. The first-order chi connectivity index (χ1) is 19.4. The van der Waals surface area contributed by atoms with E-state index < -0.39 is 13.2 Å². The number of methoxy groups -OCH3 is 1. The number of aliphatic imine (C=N–C) groups is 1. The second-order valence-electron chi connectivity index (χ2n) is 9.40. The van der Waals surface area contributed by atoms with Gasteiger partial charge in [0.2, 0.25) is 5.91 Å². The number of thioether (sulfide) groups is 1. The molecule has 1 aromatic heterocycles. The Morgan fingerprint density at radius 2 is 1.82 bits per heavy atom. The van der Waals surface area contributed by atoms with Crippen LogP contribution < -0.4 is 15.5 Å². The number of carbonyl (C=O) groups is 1. The molecule has 0 saturated heterocycles. The summed E-state index contributed by atoms with van der Waals surface area (Å²) in [5.74, 6) is 2.68. The number of carbonyl (C=O) groups excluding carboxylic acids is 1. The number of amides is 1. The number of hydrogen-bond acceptors (Lipinski definition) is 8. The number of benzene rings is 3. The Kier molecular flexibility index (Phi) is 8.34. The lowest BCUT2D eigenvalue weighted by molar-refractivity contribution is -0.121. The molecular formula is C29H30BN5O4S. The summed E-state index contributed by atoms with van der Waals surface area (Å²) in [7, 11) is 0.167. The van der Waals surface area contributed by atoms with Gasteiger partial charge in [-0.15, -0.1) is 22.0 Å². The summed E-state index contributed by atoms with van der Waals surface area (Å²) in [4.78, 5) is 18.9. The van der Waals surface area contributed by atoms with Gasteiger partial charge in [0.15, 0.2) is 5.82 Å². The van der Waals surface area contributed by atoms with Gasteiger partial charge in [0.1, 0.15) is 17.6 Å². The molecule has 9 nitrogen and oxygen atoms in total. The first-order valence-corrected chi connectivity index (χ1v) is 14.0. The number of aryl methyl sites for hydroxylation is 1. The van der Waals surface area contributed by atoms with Crippen LogP contribution in [0, 0.1) is 6.92 Å². The van der Waals surface area contributed by atoms with Crippen LogP contribution in [0.3, 0.4) is 0 Å². The lowest BCUT2D eigenvalue weighted by Gasteiger charge is -2.14. The summed E-state index contributed by atoms with van der Waals surface area (Å²) in [6.45, 7) is 4.32. The highest BCUT2D eigenvalue weighted by atomic mass is 32.2. The van der Waals surface area contributed by atoms with E-state index in [1.165, 1.54) is 0 Å². The standard InChI is InChI=1S/C29H30BN5O4S/c1-4-31-27(36)16-25-29-34-33-18(2)35(29)26-14-11-22(39-3)15-24(26)28(32-25)20-7-12-23(13-8-20)40-17-19-5-9-21(10-6-19)30(37)38/h5-15,25,37-38H,4,16-17H2,1-3H3,(H,31,36)/t25-/m0/s1. The molecule has 3 N–H and O–H groups in total. The molecule has 0 spiro atoms. The van der Waals surface area contributed by atoms with E-state index in [1.807, 2.05) is 60.9 Å². The molecule has 0 aliphatic carbocycles. The van der Waals surface area contributed by atoms with Crippen LogP contribution in [-0.2, 0) is 10.5 Å². The third-order valence-electron chi connectivity index (χ3n) is 6.70. The Morgan fingerprint density at radius 1 is 1.07 bits per heavy atom. The van der Waals surface area contributed by atoms with Crippen LogP contribution in [0.2, 0.25) is 0 Å². The molecular weight excluding hydrogens is 525 g/mol. The summed E-state index contributed by atoms with van der Waals surface area (Å²) < 4.78 is 7.52. The Bertz CT molecular complexity index is 1540. The summed E-state index contributed by atoms with van der Waals surface area (Å²) in [6, 6.07) is 20.8. The maximum atomic E-state index is 12.7. The molecule has 2 heterocycles. The Labute approximate surface area is 237 Å². The lowest BCUT2D eigenvalue weighted by Crippen LogP contribution is -2.29. The van der Waals surface area contributed by atoms with Crippen LogP contribution in [-0.4, -0.2) is 57.2 Å². The normalized spacial score (nSPS) is 14.0. The SMILES string of the molecule is CCNC(=O)C[C@@H]1N=C(c2ccc(SCc3ccc(B(O)O)cc3)cc2)c2cc(OC)ccc2-n2c(C)nnc21. The van der Waals surface area contributed by atoms with Crippen molar-refractivity contribution in [1.82, 2.24) is 20.1 Å². The highest BCUT2D eigenvalue weighted by Crippen LogP contribution is 2.34. The highest BCUT2D eigenvalue weighted by molar-refractivity contribution is 7.98. The fraction of sp³-hybridized carbons (Fsp3) is 0.241. The molecule has 4 aromatic rings. The van der Waals surface area contributed by atoms with E-state index in [0.717, 1.165) is 38.7 Å². The van der Waals surface area contributed by atoms with Gasteiger partial charge in [-0.3, -0.25) is 14.4 Å². The zero-order chi connectivity index (χ0) is 28.2. The molecule has 0 unspecified atom stereocenters. The van der Waals surface area contributed by atoms with Gasteiger partial charge < -0.3 is 20.1 Å². The number of ether oxygens (including phenoxy) is 1. The van der Waals surface area contributed by atoms with E-state index in [0.29, 0.717) is 29.4 Å². The van der Waals surface area contributed by atoms with E-state index in [4.69, 9.17) is 9.73 Å². The van der Waals surface area contributed by atoms with Crippen molar-refractivity contribution in [2.45, 2.75) is 37.0 Å². The Hall–Kier alpha value is -3.93. The highest BCUT2D eigenvalue weighted by Gasteiger charge is 2.30. The number of rotatable bonds is 9. The van der Waals surface area contributed by atoms with Gasteiger partial charge >= 0.3 is 7.12 Å². The van der Waals surface area contributed by atoms with Gasteiger partial charge in [0.25, 0.3) is 0 Å². The minimum absolute atomic E-state index is 0.0976. The molecule has 5 rings (SSSR count). The predicted molar refractivity (Wildman–Crippen MR) is 157 cm³/mol. The number of aromatic nitrogens is 3. The fourth-order valence-corrected chi connectivity index (χ4v) is 5.53. The molecule has 3 aromatic carbocycles. The minimum Gasteiger partial charge on any atom is -0.497 e. The maximum Gasteiger partial charge on any atom is 0.488 e. The molecule has 1 aliphatic rings. The van der Waals surface area contributed by atoms with Gasteiger partial charge in [-0.25, -0.2) is 0 Å². The van der Waals surface area contributed by atoms with E-state index in [1.54, 1.807) is 31.0 Å². The second kappa shape index (κ2) is 12.1. The zero-order valence-electron chi connectivity index (χ0n) is 22.5. The smallest absolute Gasteiger partial charge is 0.488 e. The topological polar surface area (TPSA) is 122 Å². The van der Waals surface area contributed by atoms with E-state index in [-0.39, 0.29) is 12.3 Å². The summed E-state index contributed by atoms with van der Waals surface area (Å²) in [5.41, 5.74) is 4.97. The van der Waals surface area contributed by atoms with Crippen molar-refractivity contribution in [2.75, 3.05) is 13.7 Å². The zero-order valence-corrected chi connectivity index (χ0v) is 23.4. The fourth-order valence-electron chi connectivity index (χ4n) is 4.68. The van der Waals surface area contributed by atoms with Crippen molar-refractivity contribution < 1.29 is 19.6 Å². The Morgan fingerprint density at radius 3 is 2.50 bits per heavy atom. The van der Waals surface area contributed by atoms with Gasteiger partial charge in [-0.2, -0.15) is 0 Å². The van der Waals surface area contributed by atoms with Crippen molar-refractivity contribution in [1.29, 1.82) is 0 Å². The molecule has 0 saturated carbocycles. The van der Waals surface area contributed by atoms with Crippen LogP contribution in [0.4, 0.5) is 0 Å². The molecule has 0 fully saturated rings. The van der Waals surface area contributed by atoms with Crippen LogP contribution in [0.15, 0.2) is 76.6 Å². The van der Waals surface area contributed by atoms with Crippen LogP contribution in [0.25, 0.3) is 5.69 Å². The van der Waals surface area contributed by atoms with Crippen molar-refractivity contribution in [2.24, 2.45) is 4.99 Å². The molecule has 0 radical (unpaired) electrons. The third-order valence-corrected chi connectivity index (χ3v) is 7.78. The maximum absolute atomic E-state index is 12.7. The summed E-state index contributed by atoms with van der Waals surface area (Å²) in [6.07, 6.45) is 0.153. The van der Waals surface area contributed by atoms with Gasteiger partial charge in [-0.05, 0) is 55.2 Å². The van der Waals surface area contributed by atoms with Crippen molar-refractivity contribution >= 4 is 36.0 Å². The molecule has 1 aliphatic heterocycles. The number of nitrogens with zero attached hydrogens (tertiary/aromatic N) is 4. The number of fused-ring (bicyclic) bond motifs is 3. The minimum atomic E-state index is -1.47. The number of hydrogen-bond donors (Lipinski definition) is 3. The van der Waals surface area contributed by atoms with E-state index in [9.17, 15) is 14.8 Å². The quantitative estimate of drug-likeness (QED) is 0.215. The van der Waals surface area contributed by atoms with Gasteiger partial charge in [0.05, 0.1) is 24.9 Å². The van der Waals surface area contributed by atoms with Crippen molar-refractivity contribution in [3.05, 3.63) is 95.1 Å². The molecule has 1 amide bonds. The number of nitrogens with one attached hydrogen (secondary N) is 1. The predicted octanol–water partition coefficient (Wildman–Crippen LogP) is 2.97. The van der Waals surface area contributed by atoms with Crippen molar-refractivity contribution in [3.63, 3.8) is 0 Å².